The standard InChI is InChI=1S/C14H11BrN2OS/c15-13-9-11(10-19-13)14(18)17(8-4-7-16)12-5-2-1-3-6-12/h1-3,5-6,9-10H,4,8H2. The van der Waals surface area contributed by atoms with E-state index in [2.05, 4.69) is 22.0 Å². The van der Waals surface area contributed by atoms with Crippen molar-refractivity contribution in [3.05, 3.63) is 51.1 Å². The average molecular weight is 335 g/mol. The third-order valence-corrected chi connectivity index (χ3v) is 4.08. The van der Waals surface area contributed by atoms with Crippen LogP contribution in [0.4, 0.5) is 5.69 Å². The van der Waals surface area contributed by atoms with Crippen LogP contribution >= 0.6 is 27.3 Å². The average Bonchev–Trinajstić information content (AvgIpc) is 2.87. The lowest BCUT2D eigenvalue weighted by molar-refractivity contribution is 0.0988. The molecular weight excluding hydrogens is 324 g/mol. The van der Waals surface area contributed by atoms with Gasteiger partial charge in [0.2, 0.25) is 0 Å². The van der Waals surface area contributed by atoms with Gasteiger partial charge in [-0.25, -0.2) is 0 Å². The van der Waals surface area contributed by atoms with Crippen LogP contribution < -0.4 is 4.90 Å². The number of rotatable bonds is 4. The van der Waals surface area contributed by atoms with Crippen LogP contribution in [-0.2, 0) is 0 Å². The Morgan fingerprint density at radius 3 is 2.68 bits per heavy atom. The molecule has 96 valence electrons. The molecule has 0 N–H and O–H groups in total. The molecule has 0 saturated heterocycles. The van der Waals surface area contributed by atoms with Gasteiger partial charge < -0.3 is 4.90 Å². The van der Waals surface area contributed by atoms with Crippen molar-refractivity contribution in [3.8, 4) is 6.07 Å². The highest BCUT2D eigenvalue weighted by Gasteiger charge is 2.18. The molecule has 1 amide bonds. The summed E-state index contributed by atoms with van der Waals surface area (Å²) in [6, 6.07) is 13.3. The van der Waals surface area contributed by atoms with Crippen molar-refractivity contribution in [1.29, 1.82) is 5.26 Å². The molecule has 0 radical (unpaired) electrons. The fourth-order valence-electron chi connectivity index (χ4n) is 1.70. The van der Waals surface area contributed by atoms with E-state index in [9.17, 15) is 4.79 Å². The minimum Gasteiger partial charge on any atom is -0.307 e. The maximum absolute atomic E-state index is 12.5. The van der Waals surface area contributed by atoms with E-state index >= 15 is 0 Å². The summed E-state index contributed by atoms with van der Waals surface area (Å²) in [7, 11) is 0. The zero-order valence-corrected chi connectivity index (χ0v) is 12.4. The first kappa shape index (κ1) is 13.8. The molecule has 0 bridgehead atoms. The lowest BCUT2D eigenvalue weighted by Gasteiger charge is -2.21. The summed E-state index contributed by atoms with van der Waals surface area (Å²) in [4.78, 5) is 14.1. The van der Waals surface area contributed by atoms with Gasteiger partial charge in [-0.3, -0.25) is 4.79 Å². The highest BCUT2D eigenvalue weighted by molar-refractivity contribution is 9.11. The quantitative estimate of drug-likeness (QED) is 0.845. The monoisotopic (exact) mass is 334 g/mol. The Morgan fingerprint density at radius 1 is 1.37 bits per heavy atom. The first-order valence-electron chi connectivity index (χ1n) is 5.70. The number of hydrogen-bond donors (Lipinski definition) is 0. The molecule has 0 saturated carbocycles. The van der Waals surface area contributed by atoms with E-state index in [0.29, 0.717) is 18.5 Å². The molecule has 0 atom stereocenters. The van der Waals surface area contributed by atoms with E-state index in [1.807, 2.05) is 35.7 Å². The Bertz CT molecular complexity index is 603. The Hall–Kier alpha value is -1.64. The summed E-state index contributed by atoms with van der Waals surface area (Å²) in [5, 5.41) is 10.5. The van der Waals surface area contributed by atoms with Gasteiger partial charge in [-0.1, -0.05) is 18.2 Å². The smallest absolute Gasteiger partial charge is 0.259 e. The van der Waals surface area contributed by atoms with Gasteiger partial charge in [0.25, 0.3) is 5.91 Å². The molecule has 2 rings (SSSR count). The topological polar surface area (TPSA) is 44.1 Å². The molecule has 0 aliphatic heterocycles. The highest BCUT2D eigenvalue weighted by Crippen LogP contribution is 2.24. The summed E-state index contributed by atoms with van der Waals surface area (Å²) in [5.41, 5.74) is 1.45. The molecule has 1 heterocycles. The van der Waals surface area contributed by atoms with E-state index in [1.165, 1.54) is 11.3 Å². The minimum atomic E-state index is -0.0802. The van der Waals surface area contributed by atoms with Gasteiger partial charge >= 0.3 is 0 Å². The molecule has 1 aromatic heterocycles. The number of halogens is 1. The number of amides is 1. The summed E-state index contributed by atoms with van der Waals surface area (Å²) < 4.78 is 0.921. The number of carbonyl (C=O) groups is 1. The summed E-state index contributed by atoms with van der Waals surface area (Å²) in [6.07, 6.45) is 0.311. The van der Waals surface area contributed by atoms with Crippen molar-refractivity contribution in [1.82, 2.24) is 0 Å². The molecule has 0 aliphatic carbocycles. The summed E-state index contributed by atoms with van der Waals surface area (Å²) in [6.45, 7) is 0.396. The predicted molar refractivity (Wildman–Crippen MR) is 80.4 cm³/mol. The number of para-hydroxylation sites is 1. The number of anilines is 1. The number of nitrogens with zero attached hydrogens (tertiary/aromatic N) is 2. The van der Waals surface area contributed by atoms with Crippen LogP contribution in [0.25, 0.3) is 0 Å². The second-order valence-corrected chi connectivity index (χ2v) is 6.13. The number of carbonyl (C=O) groups excluding carboxylic acids is 1. The van der Waals surface area contributed by atoms with Gasteiger partial charge in [0, 0.05) is 17.6 Å². The van der Waals surface area contributed by atoms with Crippen molar-refractivity contribution in [2.24, 2.45) is 0 Å². The molecule has 5 heteroatoms. The van der Waals surface area contributed by atoms with Gasteiger partial charge in [0.1, 0.15) is 0 Å². The minimum absolute atomic E-state index is 0.0802. The van der Waals surface area contributed by atoms with Crippen molar-refractivity contribution in [2.75, 3.05) is 11.4 Å². The van der Waals surface area contributed by atoms with Crippen molar-refractivity contribution < 1.29 is 4.79 Å². The largest absolute Gasteiger partial charge is 0.307 e. The first-order chi connectivity index (χ1) is 9.22. The number of benzene rings is 1. The van der Waals surface area contributed by atoms with Crippen LogP contribution in [0, 0.1) is 11.3 Å². The third kappa shape index (κ3) is 3.43. The highest BCUT2D eigenvalue weighted by atomic mass is 79.9. The molecule has 19 heavy (non-hydrogen) atoms. The molecule has 0 aliphatic rings. The van der Waals surface area contributed by atoms with Crippen LogP contribution in [0.3, 0.4) is 0 Å². The number of thiophene rings is 1. The first-order valence-corrected chi connectivity index (χ1v) is 7.37. The zero-order valence-electron chi connectivity index (χ0n) is 10.0. The third-order valence-electron chi connectivity index (χ3n) is 2.57. The van der Waals surface area contributed by atoms with Crippen LogP contribution in [0.1, 0.15) is 16.8 Å². The van der Waals surface area contributed by atoms with Gasteiger partial charge in [-0.15, -0.1) is 11.3 Å². The SMILES string of the molecule is N#CCCN(C(=O)c1csc(Br)c1)c1ccccc1. The molecule has 3 nitrogen and oxygen atoms in total. The Balaban J connectivity index is 2.28. The molecule has 0 unspecified atom stereocenters. The molecular formula is C14H11BrN2OS. The van der Waals surface area contributed by atoms with Crippen LogP contribution in [0.2, 0.25) is 0 Å². The summed E-state index contributed by atoms with van der Waals surface area (Å²) in [5.74, 6) is -0.0802. The molecule has 2 aromatic rings. The van der Waals surface area contributed by atoms with Crippen LogP contribution in [-0.4, -0.2) is 12.5 Å². The van der Waals surface area contributed by atoms with Crippen LogP contribution in [0.5, 0.6) is 0 Å². The van der Waals surface area contributed by atoms with Crippen molar-refractivity contribution >= 4 is 38.9 Å². The van der Waals surface area contributed by atoms with Gasteiger partial charge in [0.15, 0.2) is 0 Å². The Labute approximate surface area is 124 Å². The fraction of sp³-hybridized carbons (Fsp3) is 0.143. The van der Waals surface area contributed by atoms with E-state index < -0.39 is 0 Å². The van der Waals surface area contributed by atoms with Crippen LogP contribution in [0.15, 0.2) is 45.6 Å². The molecule has 0 spiro atoms. The number of hydrogen-bond acceptors (Lipinski definition) is 3. The lowest BCUT2D eigenvalue weighted by Crippen LogP contribution is -2.31. The normalized spacial score (nSPS) is 9.89. The Kier molecular flexibility index (Phi) is 4.72. The molecule has 1 aromatic carbocycles. The van der Waals surface area contributed by atoms with Crippen molar-refractivity contribution in [2.45, 2.75) is 6.42 Å². The maximum Gasteiger partial charge on any atom is 0.259 e. The maximum atomic E-state index is 12.5. The zero-order chi connectivity index (χ0) is 13.7. The van der Waals surface area contributed by atoms with E-state index in [4.69, 9.17) is 5.26 Å². The van der Waals surface area contributed by atoms with Crippen molar-refractivity contribution in [3.63, 3.8) is 0 Å². The second-order valence-electron chi connectivity index (χ2n) is 3.84. The molecule has 0 fully saturated rings. The Morgan fingerprint density at radius 2 is 2.11 bits per heavy atom. The van der Waals surface area contributed by atoms with Gasteiger partial charge in [0.05, 0.1) is 21.8 Å². The van der Waals surface area contributed by atoms with E-state index in [-0.39, 0.29) is 5.91 Å². The second kappa shape index (κ2) is 6.50. The number of nitriles is 1. The van der Waals surface area contributed by atoms with E-state index in [1.54, 1.807) is 11.0 Å². The fourth-order valence-corrected chi connectivity index (χ4v) is 2.83. The van der Waals surface area contributed by atoms with E-state index in [0.717, 1.165) is 9.47 Å². The van der Waals surface area contributed by atoms with Gasteiger partial charge in [-0.2, -0.15) is 5.26 Å². The summed E-state index contributed by atoms with van der Waals surface area (Å²) >= 11 is 4.83. The lowest BCUT2D eigenvalue weighted by atomic mass is 10.2. The predicted octanol–water partition coefficient (Wildman–Crippen LogP) is 4.07. The van der Waals surface area contributed by atoms with Gasteiger partial charge in [-0.05, 0) is 34.1 Å².